The molecule has 7 nitrogen and oxygen atoms in total. The van der Waals surface area contributed by atoms with Crippen LogP contribution in [0.25, 0.3) is 10.2 Å². The lowest BCUT2D eigenvalue weighted by atomic mass is 10.0. The van der Waals surface area contributed by atoms with Crippen molar-refractivity contribution >= 4 is 44.9 Å². The highest BCUT2D eigenvalue weighted by Gasteiger charge is 2.22. The number of ether oxygens (including phenoxy) is 1. The van der Waals surface area contributed by atoms with Crippen LogP contribution in [0.4, 0.5) is 11.5 Å². The minimum Gasteiger partial charge on any atom is -0.468 e. The average molecular weight is 427 g/mol. The van der Waals surface area contributed by atoms with Gasteiger partial charge in [-0.2, -0.15) is 0 Å². The molecule has 0 aliphatic carbocycles. The molecule has 30 heavy (non-hydrogen) atoms. The number of benzene rings is 1. The van der Waals surface area contributed by atoms with E-state index in [1.807, 2.05) is 25.8 Å². The first-order chi connectivity index (χ1) is 14.2. The van der Waals surface area contributed by atoms with Gasteiger partial charge in [-0.3, -0.25) is 9.59 Å². The number of carbonyl (C=O) groups excluding carboxylic acids is 2. The maximum Gasteiger partial charge on any atom is 0.325 e. The summed E-state index contributed by atoms with van der Waals surface area (Å²) < 4.78 is 4.58. The Morgan fingerprint density at radius 1 is 1.17 bits per heavy atom. The molecular formula is C22H26N4O3S. The number of hydrogen-bond acceptors (Lipinski definition) is 7. The predicted octanol–water partition coefficient (Wildman–Crippen LogP) is 4.10. The molecule has 0 aliphatic rings. The Labute approximate surface area is 180 Å². The summed E-state index contributed by atoms with van der Waals surface area (Å²) in [7, 11) is 3.24. The van der Waals surface area contributed by atoms with Gasteiger partial charge in [0.05, 0.1) is 17.4 Å². The van der Waals surface area contributed by atoms with Crippen LogP contribution in [0.5, 0.6) is 0 Å². The topological polar surface area (TPSA) is 84.4 Å². The molecule has 0 saturated heterocycles. The van der Waals surface area contributed by atoms with Crippen molar-refractivity contribution in [2.24, 2.45) is 0 Å². The summed E-state index contributed by atoms with van der Waals surface area (Å²) in [6.07, 6.45) is 0. The Balaban J connectivity index is 2.01. The van der Waals surface area contributed by atoms with Crippen molar-refractivity contribution in [3.63, 3.8) is 0 Å². The van der Waals surface area contributed by atoms with E-state index in [0.717, 1.165) is 27.3 Å². The quantitative estimate of drug-likeness (QED) is 0.598. The zero-order valence-electron chi connectivity index (χ0n) is 18.1. The molecule has 158 valence electrons. The fourth-order valence-corrected chi connectivity index (χ4v) is 4.33. The van der Waals surface area contributed by atoms with Crippen molar-refractivity contribution in [3.8, 4) is 0 Å². The van der Waals surface area contributed by atoms with Crippen LogP contribution in [0, 0.1) is 13.8 Å². The number of nitrogens with one attached hydrogen (secondary N) is 1. The minimum absolute atomic E-state index is 0.178. The van der Waals surface area contributed by atoms with Gasteiger partial charge in [-0.15, -0.1) is 11.3 Å². The van der Waals surface area contributed by atoms with E-state index in [2.05, 4.69) is 58.1 Å². The second kappa shape index (κ2) is 8.79. The van der Waals surface area contributed by atoms with Gasteiger partial charge < -0.3 is 15.0 Å². The Kier molecular flexibility index (Phi) is 6.36. The van der Waals surface area contributed by atoms with Gasteiger partial charge in [0.15, 0.2) is 0 Å². The van der Waals surface area contributed by atoms with Gasteiger partial charge in [-0.05, 0) is 43.0 Å². The summed E-state index contributed by atoms with van der Waals surface area (Å²) in [5, 5.41) is 3.44. The molecule has 0 bridgehead atoms. The Morgan fingerprint density at radius 2 is 1.83 bits per heavy atom. The van der Waals surface area contributed by atoms with Crippen molar-refractivity contribution in [3.05, 3.63) is 46.1 Å². The third kappa shape index (κ3) is 4.28. The highest BCUT2D eigenvalue weighted by atomic mass is 32.1. The van der Waals surface area contributed by atoms with Crippen molar-refractivity contribution in [1.29, 1.82) is 0 Å². The number of fused-ring (bicyclic) bond motifs is 1. The number of aromatic nitrogens is 2. The minimum atomic E-state index is -0.497. The normalized spacial score (nSPS) is 11.0. The highest BCUT2D eigenvalue weighted by Crippen LogP contribution is 2.37. The first kappa shape index (κ1) is 21.7. The fraction of sp³-hybridized carbons (Fsp3) is 0.364. The number of anilines is 2. The molecule has 2 heterocycles. The molecule has 3 aromatic rings. The van der Waals surface area contributed by atoms with Gasteiger partial charge in [0.1, 0.15) is 23.0 Å². The highest BCUT2D eigenvalue weighted by molar-refractivity contribution is 7.20. The number of methoxy groups -OCH3 is 1. The second-order valence-electron chi connectivity index (χ2n) is 7.39. The zero-order valence-corrected chi connectivity index (χ0v) is 18.9. The van der Waals surface area contributed by atoms with Gasteiger partial charge in [0, 0.05) is 12.7 Å². The maximum absolute atomic E-state index is 12.6. The molecule has 2 aromatic heterocycles. The molecule has 1 aromatic carbocycles. The average Bonchev–Trinajstić information content (AvgIpc) is 3.06. The van der Waals surface area contributed by atoms with E-state index in [4.69, 9.17) is 0 Å². The Morgan fingerprint density at radius 3 is 2.43 bits per heavy atom. The van der Waals surface area contributed by atoms with Crippen LogP contribution in [-0.2, 0) is 9.53 Å². The SMILES string of the molecule is COC(=O)CNC(=O)c1sc2nc(C)nc(N(C)c3ccc(C(C)C)cc3)c2c1C. The largest absolute Gasteiger partial charge is 0.468 e. The van der Waals surface area contributed by atoms with E-state index in [1.165, 1.54) is 24.0 Å². The third-order valence-corrected chi connectivity index (χ3v) is 6.16. The van der Waals surface area contributed by atoms with Crippen LogP contribution >= 0.6 is 11.3 Å². The molecular weight excluding hydrogens is 400 g/mol. The van der Waals surface area contributed by atoms with E-state index in [0.29, 0.717) is 16.6 Å². The summed E-state index contributed by atoms with van der Waals surface area (Å²) in [5.74, 6) is 1.01. The molecule has 0 fully saturated rings. The van der Waals surface area contributed by atoms with Gasteiger partial charge in [0.25, 0.3) is 5.91 Å². The smallest absolute Gasteiger partial charge is 0.325 e. The number of amides is 1. The molecule has 0 radical (unpaired) electrons. The van der Waals surface area contributed by atoms with Crippen LogP contribution in [0.3, 0.4) is 0 Å². The fourth-order valence-electron chi connectivity index (χ4n) is 3.19. The number of nitrogens with zero attached hydrogens (tertiary/aromatic N) is 3. The molecule has 3 rings (SSSR count). The van der Waals surface area contributed by atoms with Crippen molar-refractivity contribution < 1.29 is 14.3 Å². The van der Waals surface area contributed by atoms with E-state index < -0.39 is 5.97 Å². The predicted molar refractivity (Wildman–Crippen MR) is 120 cm³/mol. The number of esters is 1. The van der Waals surface area contributed by atoms with E-state index in [1.54, 1.807) is 0 Å². The van der Waals surface area contributed by atoms with E-state index in [-0.39, 0.29) is 12.5 Å². The van der Waals surface area contributed by atoms with Crippen LogP contribution < -0.4 is 10.2 Å². The van der Waals surface area contributed by atoms with Crippen molar-refractivity contribution in [1.82, 2.24) is 15.3 Å². The van der Waals surface area contributed by atoms with Crippen LogP contribution in [0.15, 0.2) is 24.3 Å². The monoisotopic (exact) mass is 426 g/mol. The molecule has 0 spiro atoms. The lowest BCUT2D eigenvalue weighted by Gasteiger charge is -2.20. The lowest BCUT2D eigenvalue weighted by molar-refractivity contribution is -0.139. The number of rotatable bonds is 6. The van der Waals surface area contributed by atoms with Gasteiger partial charge >= 0.3 is 5.97 Å². The maximum atomic E-state index is 12.6. The number of thiophene rings is 1. The number of carbonyl (C=O) groups is 2. The van der Waals surface area contributed by atoms with Crippen molar-refractivity contribution in [2.75, 3.05) is 25.6 Å². The summed E-state index contributed by atoms with van der Waals surface area (Å²) in [6, 6.07) is 8.39. The van der Waals surface area contributed by atoms with Crippen LogP contribution in [-0.4, -0.2) is 42.5 Å². The molecule has 0 aliphatic heterocycles. The number of hydrogen-bond donors (Lipinski definition) is 1. The number of aryl methyl sites for hydroxylation is 2. The Hall–Kier alpha value is -3.00. The van der Waals surface area contributed by atoms with E-state index >= 15 is 0 Å². The second-order valence-corrected chi connectivity index (χ2v) is 8.39. The van der Waals surface area contributed by atoms with Crippen LogP contribution in [0.2, 0.25) is 0 Å². The van der Waals surface area contributed by atoms with Crippen LogP contribution in [0.1, 0.15) is 46.4 Å². The van der Waals surface area contributed by atoms with Gasteiger partial charge in [0.2, 0.25) is 0 Å². The molecule has 8 heteroatoms. The first-order valence-electron chi connectivity index (χ1n) is 9.69. The lowest BCUT2D eigenvalue weighted by Crippen LogP contribution is -2.29. The summed E-state index contributed by atoms with van der Waals surface area (Å²) in [6.45, 7) is 7.87. The first-order valence-corrected chi connectivity index (χ1v) is 10.5. The molecule has 0 atom stereocenters. The zero-order chi connectivity index (χ0) is 22.0. The summed E-state index contributed by atoms with van der Waals surface area (Å²) >= 11 is 1.30. The molecule has 0 saturated carbocycles. The Bertz CT molecular complexity index is 1090. The van der Waals surface area contributed by atoms with Crippen molar-refractivity contribution in [2.45, 2.75) is 33.6 Å². The van der Waals surface area contributed by atoms with Gasteiger partial charge in [-0.1, -0.05) is 26.0 Å². The molecule has 1 amide bonds. The van der Waals surface area contributed by atoms with E-state index in [9.17, 15) is 9.59 Å². The summed E-state index contributed by atoms with van der Waals surface area (Å²) in [4.78, 5) is 36.4. The standard InChI is InChI=1S/C22H26N4O3S/c1-12(2)15-7-9-16(10-8-15)26(5)20-18-13(3)19(21(28)23-11-17(27)29-6)30-22(18)25-14(4)24-20/h7-10,12H,11H2,1-6H3,(H,23,28). The van der Waals surface area contributed by atoms with Gasteiger partial charge in [-0.25, -0.2) is 9.97 Å². The summed E-state index contributed by atoms with van der Waals surface area (Å²) in [5.41, 5.74) is 3.06. The molecule has 1 N–H and O–H groups in total. The third-order valence-electron chi connectivity index (χ3n) is 4.97. The molecule has 0 unspecified atom stereocenters.